The molecule has 0 aromatic heterocycles. The Balaban J connectivity index is 1.60. The van der Waals surface area contributed by atoms with E-state index in [-0.39, 0.29) is 12.0 Å². The van der Waals surface area contributed by atoms with Gasteiger partial charge in [0.15, 0.2) is 9.84 Å². The molecular formula is C16H23NO3S. The molecule has 2 aliphatic rings. The molecule has 2 N–H and O–H groups in total. The standard InChI is InChI=1S/C16H23NO3S/c17-14(9-12-6-8-21(18,19)11-12)10-13-5-7-20-16-4-2-1-3-15(13)16/h1-4,12-14H,5-11,17H2. The topological polar surface area (TPSA) is 69.4 Å². The van der Waals surface area contributed by atoms with E-state index in [4.69, 9.17) is 10.5 Å². The van der Waals surface area contributed by atoms with Crippen LogP contribution >= 0.6 is 0 Å². The molecule has 2 heterocycles. The van der Waals surface area contributed by atoms with Crippen molar-refractivity contribution in [2.45, 2.75) is 37.6 Å². The number of fused-ring (bicyclic) bond motifs is 1. The molecule has 4 nitrogen and oxygen atoms in total. The average molecular weight is 309 g/mol. The van der Waals surface area contributed by atoms with Gasteiger partial charge in [-0.2, -0.15) is 0 Å². The molecule has 1 aromatic carbocycles. The van der Waals surface area contributed by atoms with Gasteiger partial charge in [-0.05, 0) is 49.1 Å². The SMILES string of the molecule is NC(CC1CCS(=O)(=O)C1)CC1CCOc2ccccc21. The van der Waals surface area contributed by atoms with Crippen molar-refractivity contribution in [1.29, 1.82) is 0 Å². The number of nitrogens with two attached hydrogens (primary N) is 1. The maximum absolute atomic E-state index is 11.5. The van der Waals surface area contributed by atoms with Crippen molar-refractivity contribution in [3.63, 3.8) is 0 Å². The molecule has 0 saturated carbocycles. The molecule has 1 aromatic rings. The van der Waals surface area contributed by atoms with Gasteiger partial charge in [-0.1, -0.05) is 18.2 Å². The van der Waals surface area contributed by atoms with Gasteiger partial charge in [-0.3, -0.25) is 0 Å². The molecule has 0 aliphatic carbocycles. The lowest BCUT2D eigenvalue weighted by Gasteiger charge is -2.28. The van der Waals surface area contributed by atoms with Crippen LogP contribution in [-0.2, 0) is 9.84 Å². The summed E-state index contributed by atoms with van der Waals surface area (Å²) in [5, 5.41) is 0. The van der Waals surface area contributed by atoms with Crippen molar-refractivity contribution in [3.8, 4) is 5.75 Å². The minimum atomic E-state index is -2.80. The predicted octanol–water partition coefficient (Wildman–Crippen LogP) is 2.09. The second-order valence-electron chi connectivity index (χ2n) is 6.37. The maximum atomic E-state index is 11.5. The molecule has 2 aliphatic heterocycles. The summed E-state index contributed by atoms with van der Waals surface area (Å²) in [6.07, 6.45) is 3.50. The van der Waals surface area contributed by atoms with E-state index in [1.165, 1.54) is 5.56 Å². The molecular weight excluding hydrogens is 286 g/mol. The number of para-hydroxylation sites is 1. The van der Waals surface area contributed by atoms with Gasteiger partial charge in [0, 0.05) is 6.04 Å². The van der Waals surface area contributed by atoms with Crippen molar-refractivity contribution in [1.82, 2.24) is 0 Å². The van der Waals surface area contributed by atoms with Crippen LogP contribution in [0.3, 0.4) is 0 Å². The van der Waals surface area contributed by atoms with Crippen molar-refractivity contribution >= 4 is 9.84 Å². The van der Waals surface area contributed by atoms with Crippen LogP contribution in [0.2, 0.25) is 0 Å². The lowest BCUT2D eigenvalue weighted by Crippen LogP contribution is -2.28. The van der Waals surface area contributed by atoms with Crippen LogP contribution in [0, 0.1) is 5.92 Å². The Hall–Kier alpha value is -1.07. The van der Waals surface area contributed by atoms with Gasteiger partial charge in [0.2, 0.25) is 0 Å². The van der Waals surface area contributed by atoms with Gasteiger partial charge < -0.3 is 10.5 Å². The Morgan fingerprint density at radius 3 is 2.81 bits per heavy atom. The Labute approximate surface area is 126 Å². The summed E-state index contributed by atoms with van der Waals surface area (Å²) >= 11 is 0. The number of hydrogen-bond acceptors (Lipinski definition) is 4. The zero-order chi connectivity index (χ0) is 14.9. The summed E-state index contributed by atoms with van der Waals surface area (Å²) in [6, 6.07) is 8.22. The third-order valence-corrected chi connectivity index (χ3v) is 6.47. The third-order valence-electron chi connectivity index (χ3n) is 4.63. The van der Waals surface area contributed by atoms with Crippen molar-refractivity contribution in [2.75, 3.05) is 18.1 Å². The molecule has 0 amide bonds. The van der Waals surface area contributed by atoms with E-state index >= 15 is 0 Å². The van der Waals surface area contributed by atoms with Crippen LogP contribution in [0.4, 0.5) is 0 Å². The first-order valence-electron chi connectivity index (χ1n) is 7.71. The summed E-state index contributed by atoms with van der Waals surface area (Å²) in [5.74, 6) is 2.32. The van der Waals surface area contributed by atoms with Crippen LogP contribution in [0.15, 0.2) is 24.3 Å². The zero-order valence-electron chi connectivity index (χ0n) is 12.2. The van der Waals surface area contributed by atoms with Crippen LogP contribution in [0.5, 0.6) is 5.75 Å². The minimum absolute atomic E-state index is 0.0689. The highest BCUT2D eigenvalue weighted by atomic mass is 32.2. The fourth-order valence-electron chi connectivity index (χ4n) is 3.61. The van der Waals surface area contributed by atoms with Crippen molar-refractivity contribution in [2.24, 2.45) is 11.7 Å². The number of ether oxygens (including phenoxy) is 1. The van der Waals surface area contributed by atoms with E-state index in [2.05, 4.69) is 6.07 Å². The summed E-state index contributed by atoms with van der Waals surface area (Å²) in [7, 11) is -2.80. The smallest absolute Gasteiger partial charge is 0.150 e. The van der Waals surface area contributed by atoms with Crippen LogP contribution in [0.25, 0.3) is 0 Å². The fourth-order valence-corrected chi connectivity index (χ4v) is 5.49. The van der Waals surface area contributed by atoms with E-state index in [9.17, 15) is 8.42 Å². The van der Waals surface area contributed by atoms with E-state index < -0.39 is 9.84 Å². The van der Waals surface area contributed by atoms with Gasteiger partial charge in [-0.15, -0.1) is 0 Å². The first-order chi connectivity index (χ1) is 10.0. The molecule has 0 radical (unpaired) electrons. The normalized spacial score (nSPS) is 28.6. The van der Waals surface area contributed by atoms with Gasteiger partial charge in [0.25, 0.3) is 0 Å². The second kappa shape index (κ2) is 5.97. The van der Waals surface area contributed by atoms with Gasteiger partial charge in [0.1, 0.15) is 5.75 Å². The van der Waals surface area contributed by atoms with Gasteiger partial charge >= 0.3 is 0 Å². The molecule has 3 unspecified atom stereocenters. The number of sulfone groups is 1. The zero-order valence-corrected chi connectivity index (χ0v) is 13.0. The molecule has 5 heteroatoms. The molecule has 1 fully saturated rings. The van der Waals surface area contributed by atoms with Crippen molar-refractivity contribution in [3.05, 3.63) is 29.8 Å². The van der Waals surface area contributed by atoms with E-state index in [0.29, 0.717) is 17.4 Å². The van der Waals surface area contributed by atoms with Gasteiger partial charge in [-0.25, -0.2) is 8.42 Å². The first-order valence-corrected chi connectivity index (χ1v) is 9.53. The quantitative estimate of drug-likeness (QED) is 0.924. The second-order valence-corrected chi connectivity index (χ2v) is 8.60. The number of benzene rings is 1. The van der Waals surface area contributed by atoms with Crippen LogP contribution < -0.4 is 10.5 Å². The van der Waals surface area contributed by atoms with E-state index in [1.54, 1.807) is 0 Å². The molecule has 3 atom stereocenters. The third kappa shape index (κ3) is 3.58. The summed E-state index contributed by atoms with van der Waals surface area (Å²) < 4.78 is 28.7. The summed E-state index contributed by atoms with van der Waals surface area (Å²) in [5.41, 5.74) is 7.54. The highest BCUT2D eigenvalue weighted by Crippen LogP contribution is 2.37. The molecule has 21 heavy (non-hydrogen) atoms. The Bertz CT molecular complexity index is 599. The highest BCUT2D eigenvalue weighted by Gasteiger charge is 2.30. The average Bonchev–Trinajstić information content (AvgIpc) is 2.78. The maximum Gasteiger partial charge on any atom is 0.150 e. The fraction of sp³-hybridized carbons (Fsp3) is 0.625. The predicted molar refractivity (Wildman–Crippen MR) is 83.3 cm³/mol. The van der Waals surface area contributed by atoms with E-state index in [1.807, 2.05) is 18.2 Å². The number of hydrogen-bond donors (Lipinski definition) is 1. The van der Waals surface area contributed by atoms with Crippen LogP contribution in [-0.4, -0.2) is 32.6 Å². The molecule has 1 saturated heterocycles. The first kappa shape index (κ1) is 14.9. The largest absolute Gasteiger partial charge is 0.493 e. The lowest BCUT2D eigenvalue weighted by molar-refractivity contribution is 0.256. The Kier molecular flexibility index (Phi) is 4.22. The van der Waals surface area contributed by atoms with E-state index in [0.717, 1.165) is 38.0 Å². The highest BCUT2D eigenvalue weighted by molar-refractivity contribution is 7.91. The molecule has 0 bridgehead atoms. The summed E-state index contributed by atoms with van der Waals surface area (Å²) in [6.45, 7) is 0.742. The number of rotatable bonds is 4. The molecule has 0 spiro atoms. The molecule has 116 valence electrons. The van der Waals surface area contributed by atoms with Crippen LogP contribution in [0.1, 0.15) is 37.2 Å². The van der Waals surface area contributed by atoms with Gasteiger partial charge in [0.05, 0.1) is 18.1 Å². The monoisotopic (exact) mass is 309 g/mol. The summed E-state index contributed by atoms with van der Waals surface area (Å²) in [4.78, 5) is 0. The molecule has 3 rings (SSSR count). The van der Waals surface area contributed by atoms with Crippen molar-refractivity contribution < 1.29 is 13.2 Å². The minimum Gasteiger partial charge on any atom is -0.493 e. The lowest BCUT2D eigenvalue weighted by atomic mass is 9.85. The Morgan fingerprint density at radius 2 is 2.05 bits per heavy atom. The Morgan fingerprint density at radius 1 is 1.24 bits per heavy atom.